The summed E-state index contributed by atoms with van der Waals surface area (Å²) < 4.78 is 0. The van der Waals surface area contributed by atoms with Gasteiger partial charge in [-0.05, 0) is 23.6 Å². The van der Waals surface area contributed by atoms with Gasteiger partial charge in [0.1, 0.15) is 0 Å². The highest BCUT2D eigenvalue weighted by Crippen LogP contribution is 2.11. The largest absolute Gasteiger partial charge is 0.331 e. The highest BCUT2D eigenvalue weighted by molar-refractivity contribution is 6.37. The van der Waals surface area contributed by atoms with Gasteiger partial charge in [-0.25, -0.2) is 0 Å². The smallest absolute Gasteiger partial charge is 0.0400 e. The third kappa shape index (κ3) is 4.58. The van der Waals surface area contributed by atoms with Crippen molar-refractivity contribution in [2.75, 3.05) is 0 Å². The fraction of sp³-hybridized carbons (Fsp3) is 0.500. The zero-order chi connectivity index (χ0) is 10.4. The van der Waals surface area contributed by atoms with E-state index >= 15 is 0 Å². The molecule has 2 unspecified atom stereocenters. The maximum Gasteiger partial charge on any atom is 0.0400 e. The molecule has 1 nitrogen and oxygen atoms in total. The third-order valence-electron chi connectivity index (χ3n) is 2.54. The number of benzene rings is 1. The molecule has 0 radical (unpaired) electrons. The van der Waals surface area contributed by atoms with Gasteiger partial charge in [-0.1, -0.05) is 50.2 Å². The van der Waals surface area contributed by atoms with Crippen LogP contribution in [-0.4, -0.2) is 15.2 Å². The number of hydrogen-bond donors (Lipinski definition) is 1. The molecule has 78 valence electrons. The first kappa shape index (κ1) is 11.5. The molecule has 0 aliphatic carbocycles. The molecule has 0 fully saturated rings. The van der Waals surface area contributed by atoms with E-state index in [-0.39, 0.29) is 9.52 Å². The van der Waals surface area contributed by atoms with E-state index in [1.54, 1.807) is 0 Å². The molecule has 1 aromatic rings. The van der Waals surface area contributed by atoms with Crippen LogP contribution in [0.3, 0.4) is 0 Å². The summed E-state index contributed by atoms with van der Waals surface area (Å²) in [5.74, 6) is 0.801. The minimum absolute atomic E-state index is 0.0395. The minimum Gasteiger partial charge on any atom is -0.331 e. The van der Waals surface area contributed by atoms with Gasteiger partial charge in [-0.15, -0.1) is 0 Å². The quantitative estimate of drug-likeness (QED) is 0.732. The zero-order valence-corrected chi connectivity index (χ0v) is 10.7. The van der Waals surface area contributed by atoms with Crippen LogP contribution >= 0.6 is 0 Å². The van der Waals surface area contributed by atoms with E-state index in [0.717, 1.165) is 5.92 Å². The summed E-state index contributed by atoms with van der Waals surface area (Å²) in [5.41, 5.74) is 7.73. The Hall–Kier alpha value is -0.603. The molecule has 0 bridgehead atoms. The van der Waals surface area contributed by atoms with Gasteiger partial charge in [0.2, 0.25) is 0 Å². The second kappa shape index (κ2) is 5.99. The molecule has 0 spiro atoms. The van der Waals surface area contributed by atoms with Gasteiger partial charge in [0.15, 0.2) is 0 Å². The number of nitrogens with two attached hydrogens (primary N) is 1. The summed E-state index contributed by atoms with van der Waals surface area (Å²) in [6, 6.07) is 12.1. The van der Waals surface area contributed by atoms with Crippen LogP contribution in [0.2, 0.25) is 6.04 Å². The molecule has 0 saturated heterocycles. The first-order chi connectivity index (χ1) is 6.68. The molecule has 0 aliphatic rings. The Labute approximate surface area is 89.5 Å². The first-order valence-electron chi connectivity index (χ1n) is 5.48. The molecule has 0 aliphatic heterocycles. The summed E-state index contributed by atoms with van der Waals surface area (Å²) in [5, 5.41) is 0. The molecule has 0 saturated carbocycles. The van der Waals surface area contributed by atoms with Gasteiger partial charge in [0, 0.05) is 9.52 Å². The SMILES string of the molecule is CC(C[SiH2]C(C)N)Cc1ccccc1. The van der Waals surface area contributed by atoms with E-state index in [1.165, 1.54) is 18.0 Å². The van der Waals surface area contributed by atoms with Crippen molar-refractivity contribution in [3.63, 3.8) is 0 Å². The molecule has 2 atom stereocenters. The van der Waals surface area contributed by atoms with Crippen LogP contribution in [-0.2, 0) is 6.42 Å². The Morgan fingerprint density at radius 3 is 2.43 bits per heavy atom. The van der Waals surface area contributed by atoms with Gasteiger partial charge in [-0.3, -0.25) is 0 Å². The Morgan fingerprint density at radius 2 is 1.86 bits per heavy atom. The van der Waals surface area contributed by atoms with Gasteiger partial charge >= 0.3 is 0 Å². The number of rotatable bonds is 5. The van der Waals surface area contributed by atoms with E-state index in [9.17, 15) is 0 Å². The van der Waals surface area contributed by atoms with Crippen molar-refractivity contribution in [1.82, 2.24) is 0 Å². The lowest BCUT2D eigenvalue weighted by Crippen LogP contribution is -2.24. The molecule has 0 amide bonds. The van der Waals surface area contributed by atoms with Gasteiger partial charge in [0.25, 0.3) is 0 Å². The second-order valence-electron chi connectivity index (χ2n) is 4.35. The average molecular weight is 207 g/mol. The van der Waals surface area contributed by atoms with Gasteiger partial charge in [0.05, 0.1) is 0 Å². The van der Waals surface area contributed by atoms with Gasteiger partial charge in [-0.2, -0.15) is 0 Å². The van der Waals surface area contributed by atoms with Crippen LogP contribution in [0.25, 0.3) is 0 Å². The second-order valence-corrected chi connectivity index (χ2v) is 6.79. The summed E-state index contributed by atoms with van der Waals surface area (Å²) in [4.78, 5) is 0. The van der Waals surface area contributed by atoms with Crippen molar-refractivity contribution in [2.45, 2.75) is 32.0 Å². The normalized spacial score (nSPS) is 15.9. The lowest BCUT2D eigenvalue weighted by molar-refractivity contribution is 0.639. The highest BCUT2D eigenvalue weighted by Gasteiger charge is 2.05. The van der Waals surface area contributed by atoms with Crippen molar-refractivity contribution in [3.8, 4) is 0 Å². The minimum atomic E-state index is -0.0395. The third-order valence-corrected chi connectivity index (χ3v) is 4.77. The summed E-state index contributed by atoms with van der Waals surface area (Å²) >= 11 is 0. The maximum atomic E-state index is 5.80. The van der Waals surface area contributed by atoms with Crippen molar-refractivity contribution in [1.29, 1.82) is 0 Å². The summed E-state index contributed by atoms with van der Waals surface area (Å²) in [7, 11) is -0.0395. The van der Waals surface area contributed by atoms with Crippen LogP contribution in [0, 0.1) is 5.92 Å². The van der Waals surface area contributed by atoms with Crippen LogP contribution in [0.4, 0.5) is 0 Å². The highest BCUT2D eigenvalue weighted by atomic mass is 28.2. The fourth-order valence-corrected chi connectivity index (χ4v) is 2.96. The molecule has 0 heterocycles. The van der Waals surface area contributed by atoms with Crippen molar-refractivity contribution in [2.24, 2.45) is 11.7 Å². The first-order valence-corrected chi connectivity index (χ1v) is 7.29. The lowest BCUT2D eigenvalue weighted by Gasteiger charge is -2.12. The Balaban J connectivity index is 2.30. The molecule has 0 aromatic heterocycles. The van der Waals surface area contributed by atoms with E-state index in [4.69, 9.17) is 5.73 Å². The van der Waals surface area contributed by atoms with Crippen LogP contribution < -0.4 is 5.73 Å². The molecule has 2 heteroatoms. The van der Waals surface area contributed by atoms with Gasteiger partial charge < -0.3 is 5.73 Å². The average Bonchev–Trinajstić information content (AvgIpc) is 2.16. The molecule has 14 heavy (non-hydrogen) atoms. The number of hydrogen-bond acceptors (Lipinski definition) is 1. The molecule has 1 rings (SSSR count). The van der Waals surface area contributed by atoms with E-state index < -0.39 is 0 Å². The monoisotopic (exact) mass is 207 g/mol. The predicted molar refractivity (Wildman–Crippen MR) is 66.3 cm³/mol. The van der Waals surface area contributed by atoms with Crippen LogP contribution in [0.1, 0.15) is 19.4 Å². The Kier molecular flexibility index (Phi) is 4.91. The topological polar surface area (TPSA) is 26.0 Å². The van der Waals surface area contributed by atoms with Crippen LogP contribution in [0.15, 0.2) is 30.3 Å². The molecular weight excluding hydrogens is 186 g/mol. The van der Waals surface area contributed by atoms with E-state index in [0.29, 0.717) is 5.67 Å². The predicted octanol–water partition coefficient (Wildman–Crippen LogP) is 1.76. The standard InChI is InChI=1S/C12H21NSi/c1-10(9-14-11(2)13)8-12-6-4-3-5-7-12/h3-7,10-11H,8-9,13-14H2,1-2H3. The molecule has 1 aromatic carbocycles. The van der Waals surface area contributed by atoms with E-state index in [2.05, 4.69) is 44.2 Å². The van der Waals surface area contributed by atoms with E-state index in [1.807, 2.05) is 0 Å². The molecule has 2 N–H and O–H groups in total. The lowest BCUT2D eigenvalue weighted by atomic mass is 10.0. The molecular formula is C12H21NSi. The van der Waals surface area contributed by atoms with Crippen LogP contribution in [0.5, 0.6) is 0 Å². The maximum absolute atomic E-state index is 5.80. The van der Waals surface area contributed by atoms with Crippen molar-refractivity contribution >= 4 is 9.52 Å². The Bertz CT molecular complexity index is 246. The zero-order valence-electron chi connectivity index (χ0n) is 9.24. The van der Waals surface area contributed by atoms with Crippen molar-refractivity contribution in [3.05, 3.63) is 35.9 Å². The van der Waals surface area contributed by atoms with Crippen molar-refractivity contribution < 1.29 is 0 Å². The Morgan fingerprint density at radius 1 is 1.21 bits per heavy atom. The summed E-state index contributed by atoms with van der Waals surface area (Å²) in [6.07, 6.45) is 1.21. The fourth-order valence-electron chi connectivity index (χ4n) is 1.67. The summed E-state index contributed by atoms with van der Waals surface area (Å²) in [6.45, 7) is 4.48.